The summed E-state index contributed by atoms with van der Waals surface area (Å²) >= 11 is 0. The minimum absolute atomic E-state index is 0.0482. The van der Waals surface area contributed by atoms with Crippen LogP contribution in [0.3, 0.4) is 0 Å². The standard InChI is InChI=1S/C19H25N7O/c1-23-9-10-25(19(23)27)16-11-21-26(13-16)15-6-8-24(12-15)17-5-7-20-18(22-17)14-3-2-4-14/h5,7,11,13-15H,2-4,6,8-10,12H2,1H3. The molecule has 0 radical (unpaired) electrons. The molecule has 4 heterocycles. The predicted molar refractivity (Wildman–Crippen MR) is 102 cm³/mol. The molecule has 1 aliphatic carbocycles. The molecule has 0 spiro atoms. The lowest BCUT2D eigenvalue weighted by Crippen LogP contribution is -2.28. The first-order valence-electron chi connectivity index (χ1n) is 9.84. The predicted octanol–water partition coefficient (Wildman–Crippen LogP) is 2.26. The van der Waals surface area contributed by atoms with Gasteiger partial charge < -0.3 is 9.80 Å². The lowest BCUT2D eigenvalue weighted by Gasteiger charge is -2.25. The van der Waals surface area contributed by atoms with Gasteiger partial charge in [-0.15, -0.1) is 0 Å². The molecule has 142 valence electrons. The van der Waals surface area contributed by atoms with Crippen LogP contribution in [-0.4, -0.2) is 63.9 Å². The number of aromatic nitrogens is 4. The van der Waals surface area contributed by atoms with E-state index in [9.17, 15) is 4.79 Å². The summed E-state index contributed by atoms with van der Waals surface area (Å²) in [5, 5.41) is 4.54. The number of urea groups is 1. The van der Waals surface area contributed by atoms with Crippen molar-refractivity contribution in [2.75, 3.05) is 43.0 Å². The maximum atomic E-state index is 12.2. The Hall–Kier alpha value is -2.64. The molecule has 3 fully saturated rings. The van der Waals surface area contributed by atoms with Crippen molar-refractivity contribution in [2.24, 2.45) is 0 Å². The van der Waals surface area contributed by atoms with Crippen LogP contribution in [0.1, 0.15) is 43.5 Å². The Bertz CT molecular complexity index is 846. The Balaban J connectivity index is 1.28. The molecule has 3 aliphatic rings. The number of likely N-dealkylation sites (N-methyl/N-ethyl adjacent to an activating group) is 1. The monoisotopic (exact) mass is 367 g/mol. The largest absolute Gasteiger partial charge is 0.354 e. The van der Waals surface area contributed by atoms with Crippen molar-refractivity contribution in [3.8, 4) is 0 Å². The molecule has 2 saturated heterocycles. The number of amides is 2. The Morgan fingerprint density at radius 3 is 2.78 bits per heavy atom. The van der Waals surface area contributed by atoms with Gasteiger partial charge in [-0.2, -0.15) is 5.10 Å². The molecule has 2 amide bonds. The number of anilines is 2. The third kappa shape index (κ3) is 2.93. The van der Waals surface area contributed by atoms with Gasteiger partial charge in [0.2, 0.25) is 0 Å². The van der Waals surface area contributed by atoms with Gasteiger partial charge in [-0.25, -0.2) is 14.8 Å². The third-order valence-electron chi connectivity index (χ3n) is 6.11. The highest BCUT2D eigenvalue weighted by atomic mass is 16.2. The summed E-state index contributed by atoms with van der Waals surface area (Å²) in [5.74, 6) is 2.58. The van der Waals surface area contributed by atoms with Gasteiger partial charge in [0.25, 0.3) is 0 Å². The lowest BCUT2D eigenvalue weighted by molar-refractivity contribution is 0.229. The summed E-state index contributed by atoms with van der Waals surface area (Å²) in [6, 6.07) is 2.36. The topological polar surface area (TPSA) is 70.4 Å². The molecule has 2 aromatic heterocycles. The summed E-state index contributed by atoms with van der Waals surface area (Å²) in [6.45, 7) is 3.34. The number of carbonyl (C=O) groups excluding carboxylic acids is 1. The van der Waals surface area contributed by atoms with E-state index in [0.717, 1.165) is 49.9 Å². The molecule has 8 heteroatoms. The molecule has 5 rings (SSSR count). The average molecular weight is 367 g/mol. The SMILES string of the molecule is CN1CCN(c2cnn(C3CCN(c4ccnc(C5CCC5)n4)C3)c2)C1=O. The van der Waals surface area contributed by atoms with Crippen LogP contribution in [0.2, 0.25) is 0 Å². The van der Waals surface area contributed by atoms with Gasteiger partial charge in [-0.3, -0.25) is 9.58 Å². The first kappa shape index (κ1) is 16.5. The van der Waals surface area contributed by atoms with Crippen LogP contribution in [0.5, 0.6) is 0 Å². The molecule has 1 saturated carbocycles. The van der Waals surface area contributed by atoms with Crippen LogP contribution in [0.4, 0.5) is 16.3 Å². The molecule has 2 aliphatic heterocycles. The van der Waals surface area contributed by atoms with Gasteiger partial charge in [0.15, 0.2) is 0 Å². The van der Waals surface area contributed by atoms with Crippen LogP contribution >= 0.6 is 0 Å². The molecule has 2 aromatic rings. The number of hydrogen-bond donors (Lipinski definition) is 0. The summed E-state index contributed by atoms with van der Waals surface area (Å²) in [5.41, 5.74) is 0.886. The van der Waals surface area contributed by atoms with E-state index in [0.29, 0.717) is 12.0 Å². The number of rotatable bonds is 4. The van der Waals surface area contributed by atoms with E-state index in [-0.39, 0.29) is 6.03 Å². The van der Waals surface area contributed by atoms with E-state index in [1.165, 1.54) is 19.3 Å². The zero-order chi connectivity index (χ0) is 18.4. The third-order valence-corrected chi connectivity index (χ3v) is 6.11. The Labute approximate surface area is 158 Å². The summed E-state index contributed by atoms with van der Waals surface area (Å²) in [4.78, 5) is 27.3. The Morgan fingerprint density at radius 2 is 2.04 bits per heavy atom. The first-order valence-corrected chi connectivity index (χ1v) is 9.84. The van der Waals surface area contributed by atoms with Crippen LogP contribution in [0.25, 0.3) is 0 Å². The van der Waals surface area contributed by atoms with Gasteiger partial charge in [0.05, 0.1) is 17.9 Å². The van der Waals surface area contributed by atoms with Crippen LogP contribution in [0, 0.1) is 0 Å². The Kier molecular flexibility index (Phi) is 3.98. The van der Waals surface area contributed by atoms with Crippen molar-refractivity contribution >= 4 is 17.5 Å². The van der Waals surface area contributed by atoms with Crippen LogP contribution in [0.15, 0.2) is 24.7 Å². The second kappa shape index (κ2) is 6.51. The van der Waals surface area contributed by atoms with E-state index >= 15 is 0 Å². The second-order valence-electron chi connectivity index (χ2n) is 7.82. The molecular weight excluding hydrogens is 342 g/mol. The fourth-order valence-electron chi connectivity index (χ4n) is 4.12. The number of carbonyl (C=O) groups is 1. The van der Waals surface area contributed by atoms with Gasteiger partial charge in [0, 0.05) is 51.5 Å². The molecule has 0 N–H and O–H groups in total. The quantitative estimate of drug-likeness (QED) is 0.829. The molecule has 0 aromatic carbocycles. The summed E-state index contributed by atoms with van der Waals surface area (Å²) in [7, 11) is 1.83. The van der Waals surface area contributed by atoms with Crippen molar-refractivity contribution in [2.45, 2.75) is 37.6 Å². The highest BCUT2D eigenvalue weighted by Crippen LogP contribution is 2.35. The van der Waals surface area contributed by atoms with Crippen LogP contribution in [-0.2, 0) is 0 Å². The molecule has 8 nitrogen and oxygen atoms in total. The van der Waals surface area contributed by atoms with Gasteiger partial charge in [-0.05, 0) is 25.3 Å². The van der Waals surface area contributed by atoms with Gasteiger partial charge in [-0.1, -0.05) is 6.42 Å². The van der Waals surface area contributed by atoms with Gasteiger partial charge >= 0.3 is 6.03 Å². The Morgan fingerprint density at radius 1 is 1.15 bits per heavy atom. The fraction of sp³-hybridized carbons (Fsp3) is 0.579. The maximum Gasteiger partial charge on any atom is 0.324 e. The minimum atomic E-state index is 0.0482. The number of hydrogen-bond acceptors (Lipinski definition) is 5. The molecule has 1 unspecified atom stereocenters. The minimum Gasteiger partial charge on any atom is -0.354 e. The lowest BCUT2D eigenvalue weighted by atomic mass is 9.85. The second-order valence-corrected chi connectivity index (χ2v) is 7.82. The van der Waals surface area contributed by atoms with E-state index in [4.69, 9.17) is 4.98 Å². The van der Waals surface area contributed by atoms with Crippen molar-refractivity contribution in [1.29, 1.82) is 0 Å². The molecule has 1 atom stereocenters. The van der Waals surface area contributed by atoms with Crippen molar-refractivity contribution in [3.63, 3.8) is 0 Å². The zero-order valence-electron chi connectivity index (χ0n) is 15.7. The first-order chi connectivity index (χ1) is 13.2. The maximum absolute atomic E-state index is 12.2. The van der Waals surface area contributed by atoms with Crippen molar-refractivity contribution < 1.29 is 4.79 Å². The van der Waals surface area contributed by atoms with Crippen molar-refractivity contribution in [3.05, 3.63) is 30.5 Å². The summed E-state index contributed by atoms with van der Waals surface area (Å²) < 4.78 is 2.01. The zero-order valence-corrected chi connectivity index (χ0v) is 15.7. The smallest absolute Gasteiger partial charge is 0.324 e. The summed E-state index contributed by atoms with van der Waals surface area (Å²) in [6.07, 6.45) is 10.5. The highest BCUT2D eigenvalue weighted by molar-refractivity contribution is 5.93. The fourth-order valence-corrected chi connectivity index (χ4v) is 4.12. The van der Waals surface area contributed by atoms with E-state index < -0.39 is 0 Å². The van der Waals surface area contributed by atoms with Crippen molar-refractivity contribution in [1.82, 2.24) is 24.6 Å². The van der Waals surface area contributed by atoms with Crippen LogP contribution < -0.4 is 9.80 Å². The van der Waals surface area contributed by atoms with E-state index in [1.54, 1.807) is 16.0 Å². The van der Waals surface area contributed by atoms with E-state index in [1.807, 2.05) is 30.2 Å². The highest BCUT2D eigenvalue weighted by Gasteiger charge is 2.30. The van der Waals surface area contributed by atoms with E-state index in [2.05, 4.69) is 15.0 Å². The molecular formula is C19H25N7O. The molecule has 0 bridgehead atoms. The average Bonchev–Trinajstić information content (AvgIpc) is 3.35. The van der Waals surface area contributed by atoms with Gasteiger partial charge in [0.1, 0.15) is 11.6 Å². The normalized spacial score (nSPS) is 23.4. The number of nitrogens with zero attached hydrogens (tertiary/aromatic N) is 7. The molecule has 27 heavy (non-hydrogen) atoms.